The molecule has 0 aromatic heterocycles. The summed E-state index contributed by atoms with van der Waals surface area (Å²) in [6, 6.07) is 7.51. The third-order valence-electron chi connectivity index (χ3n) is 4.34. The Labute approximate surface area is 183 Å². The quantitative estimate of drug-likeness (QED) is 0.376. The number of carbonyl (C=O) groups is 1. The zero-order valence-electron chi connectivity index (χ0n) is 15.6. The Hall–Kier alpha value is -0.670. The Bertz CT molecular complexity index is 609. The standard InChI is InChI=1S/C18H27ClN4OS.HI/c1-14(25-3)13-21-18(20-2)23-9-7-22(8-10-23)17(24)12-15-5-4-6-16(19)11-15;/h4-6,11,14H,7-10,12-13H2,1-3H3,(H,20,21);1H. The molecule has 0 aliphatic carbocycles. The van der Waals surface area contributed by atoms with Crippen molar-refractivity contribution in [3.05, 3.63) is 34.9 Å². The number of rotatable bonds is 5. The number of piperazine rings is 1. The molecule has 1 aliphatic heterocycles. The molecule has 1 aromatic rings. The van der Waals surface area contributed by atoms with E-state index in [0.717, 1.165) is 44.2 Å². The van der Waals surface area contributed by atoms with Gasteiger partial charge in [0.05, 0.1) is 6.42 Å². The smallest absolute Gasteiger partial charge is 0.227 e. The van der Waals surface area contributed by atoms with Crippen molar-refractivity contribution < 1.29 is 4.79 Å². The maximum absolute atomic E-state index is 12.5. The lowest BCUT2D eigenvalue weighted by Crippen LogP contribution is -2.54. The third-order valence-corrected chi connectivity index (χ3v) is 5.54. The minimum absolute atomic E-state index is 0. The molecule has 0 saturated carbocycles. The van der Waals surface area contributed by atoms with Crippen molar-refractivity contribution in [1.82, 2.24) is 15.1 Å². The molecule has 1 fully saturated rings. The second kappa shape index (κ2) is 11.9. The zero-order valence-corrected chi connectivity index (χ0v) is 19.5. The van der Waals surface area contributed by atoms with E-state index in [1.54, 1.807) is 0 Å². The number of hydrogen-bond donors (Lipinski definition) is 1. The van der Waals surface area contributed by atoms with Crippen LogP contribution in [0, 0.1) is 0 Å². The van der Waals surface area contributed by atoms with Crippen molar-refractivity contribution in [3.63, 3.8) is 0 Å². The summed E-state index contributed by atoms with van der Waals surface area (Å²) in [5, 5.41) is 4.63. The van der Waals surface area contributed by atoms with E-state index in [4.69, 9.17) is 11.6 Å². The molecule has 0 spiro atoms. The van der Waals surface area contributed by atoms with Gasteiger partial charge >= 0.3 is 0 Å². The molecular weight excluding hydrogens is 483 g/mol. The molecule has 8 heteroatoms. The molecule has 1 aliphatic rings. The number of thioether (sulfide) groups is 1. The van der Waals surface area contributed by atoms with Crippen LogP contribution in [0.15, 0.2) is 29.3 Å². The third kappa shape index (κ3) is 7.15. The molecular formula is C18H28ClIN4OS. The highest BCUT2D eigenvalue weighted by atomic mass is 127. The molecule has 1 atom stereocenters. The fraction of sp³-hybridized carbons (Fsp3) is 0.556. The Balaban J connectivity index is 0.00000338. The van der Waals surface area contributed by atoms with Gasteiger partial charge in [-0.25, -0.2) is 0 Å². The molecule has 1 aromatic carbocycles. The highest BCUT2D eigenvalue weighted by Gasteiger charge is 2.23. The summed E-state index contributed by atoms with van der Waals surface area (Å²) in [7, 11) is 1.81. The van der Waals surface area contributed by atoms with Gasteiger partial charge in [0.2, 0.25) is 5.91 Å². The monoisotopic (exact) mass is 510 g/mol. The van der Waals surface area contributed by atoms with Gasteiger partial charge < -0.3 is 15.1 Å². The van der Waals surface area contributed by atoms with Crippen molar-refractivity contribution >= 4 is 59.2 Å². The van der Waals surface area contributed by atoms with Crippen molar-refractivity contribution in [2.75, 3.05) is 46.0 Å². The van der Waals surface area contributed by atoms with E-state index in [1.165, 1.54) is 0 Å². The maximum atomic E-state index is 12.5. The Morgan fingerprint density at radius 1 is 1.31 bits per heavy atom. The first kappa shape index (κ1) is 23.4. The second-order valence-electron chi connectivity index (χ2n) is 6.15. The summed E-state index contributed by atoms with van der Waals surface area (Å²) in [6.45, 7) is 6.12. The molecule has 5 nitrogen and oxygen atoms in total. The fourth-order valence-corrected chi connectivity index (χ4v) is 3.21. The first-order chi connectivity index (χ1) is 12.0. The second-order valence-corrected chi connectivity index (χ2v) is 7.86. The maximum Gasteiger partial charge on any atom is 0.227 e. The van der Waals surface area contributed by atoms with Crippen LogP contribution in [-0.2, 0) is 11.2 Å². The van der Waals surface area contributed by atoms with Crippen molar-refractivity contribution in [2.45, 2.75) is 18.6 Å². The van der Waals surface area contributed by atoms with Gasteiger partial charge in [0.25, 0.3) is 0 Å². The molecule has 1 heterocycles. The van der Waals surface area contributed by atoms with Crippen LogP contribution in [0.2, 0.25) is 5.02 Å². The first-order valence-corrected chi connectivity index (χ1v) is 10.2. The average Bonchev–Trinajstić information content (AvgIpc) is 2.62. The van der Waals surface area contributed by atoms with Gasteiger partial charge in [-0.1, -0.05) is 30.7 Å². The van der Waals surface area contributed by atoms with Crippen molar-refractivity contribution in [1.29, 1.82) is 0 Å². The normalized spacial score (nSPS) is 16.1. The lowest BCUT2D eigenvalue weighted by molar-refractivity contribution is -0.131. The van der Waals surface area contributed by atoms with Crippen LogP contribution in [-0.4, -0.2) is 72.9 Å². The summed E-state index contributed by atoms with van der Waals surface area (Å²) in [6.07, 6.45) is 2.51. The summed E-state index contributed by atoms with van der Waals surface area (Å²) >= 11 is 7.82. The van der Waals surface area contributed by atoms with Gasteiger partial charge in [0.1, 0.15) is 0 Å². The van der Waals surface area contributed by atoms with Gasteiger partial charge in [0, 0.05) is 50.0 Å². The van der Waals surface area contributed by atoms with Gasteiger partial charge in [-0.05, 0) is 24.0 Å². The number of amides is 1. The Kier molecular flexibility index (Phi) is 10.7. The average molecular weight is 511 g/mol. The van der Waals surface area contributed by atoms with Crippen LogP contribution in [0.5, 0.6) is 0 Å². The van der Waals surface area contributed by atoms with Crippen LogP contribution in [0.4, 0.5) is 0 Å². The van der Waals surface area contributed by atoms with Crippen LogP contribution in [0.3, 0.4) is 0 Å². The van der Waals surface area contributed by atoms with E-state index in [1.807, 2.05) is 48.0 Å². The summed E-state index contributed by atoms with van der Waals surface area (Å²) in [5.74, 6) is 1.07. The number of aliphatic imine (C=N–C) groups is 1. The van der Waals surface area contributed by atoms with E-state index in [9.17, 15) is 4.79 Å². The number of nitrogens with one attached hydrogen (secondary N) is 1. The summed E-state index contributed by atoms with van der Waals surface area (Å²) in [4.78, 5) is 21.0. The van der Waals surface area contributed by atoms with Crippen LogP contribution < -0.4 is 5.32 Å². The summed E-state index contributed by atoms with van der Waals surface area (Å²) < 4.78 is 0. The molecule has 146 valence electrons. The molecule has 1 unspecified atom stereocenters. The lowest BCUT2D eigenvalue weighted by Gasteiger charge is -2.36. The topological polar surface area (TPSA) is 47.9 Å². The number of guanidine groups is 1. The van der Waals surface area contributed by atoms with Gasteiger partial charge in [0.15, 0.2) is 5.96 Å². The van der Waals surface area contributed by atoms with Crippen molar-refractivity contribution in [3.8, 4) is 0 Å². The molecule has 26 heavy (non-hydrogen) atoms. The predicted octanol–water partition coefficient (Wildman–Crippen LogP) is 2.97. The number of nitrogens with zero attached hydrogens (tertiary/aromatic N) is 3. The lowest BCUT2D eigenvalue weighted by atomic mass is 10.1. The number of carbonyl (C=O) groups excluding carboxylic acids is 1. The van der Waals surface area contributed by atoms with E-state index < -0.39 is 0 Å². The molecule has 0 radical (unpaired) electrons. The summed E-state index contributed by atoms with van der Waals surface area (Å²) in [5.41, 5.74) is 0.962. The van der Waals surface area contributed by atoms with Crippen LogP contribution >= 0.6 is 47.3 Å². The van der Waals surface area contributed by atoms with E-state index >= 15 is 0 Å². The Morgan fingerprint density at radius 2 is 1.96 bits per heavy atom. The highest BCUT2D eigenvalue weighted by Crippen LogP contribution is 2.13. The largest absolute Gasteiger partial charge is 0.355 e. The number of hydrogen-bond acceptors (Lipinski definition) is 3. The van der Waals surface area contributed by atoms with Crippen LogP contribution in [0.1, 0.15) is 12.5 Å². The van der Waals surface area contributed by atoms with E-state index in [0.29, 0.717) is 16.7 Å². The van der Waals surface area contributed by atoms with Gasteiger partial charge in [-0.3, -0.25) is 9.79 Å². The minimum Gasteiger partial charge on any atom is -0.355 e. The predicted molar refractivity (Wildman–Crippen MR) is 123 cm³/mol. The molecule has 1 amide bonds. The Morgan fingerprint density at radius 3 is 2.54 bits per heavy atom. The first-order valence-electron chi connectivity index (χ1n) is 8.54. The van der Waals surface area contributed by atoms with Gasteiger partial charge in [-0.2, -0.15) is 11.8 Å². The van der Waals surface area contributed by atoms with E-state index in [-0.39, 0.29) is 29.9 Å². The molecule has 1 saturated heterocycles. The minimum atomic E-state index is 0. The van der Waals surface area contributed by atoms with Crippen LogP contribution in [0.25, 0.3) is 0 Å². The fourth-order valence-electron chi connectivity index (χ4n) is 2.75. The van der Waals surface area contributed by atoms with Gasteiger partial charge in [-0.15, -0.1) is 24.0 Å². The molecule has 1 N–H and O–H groups in total. The highest BCUT2D eigenvalue weighted by molar-refractivity contribution is 14.0. The molecule has 0 bridgehead atoms. The number of halogens is 2. The number of benzene rings is 1. The van der Waals surface area contributed by atoms with E-state index in [2.05, 4.69) is 28.4 Å². The SMILES string of the molecule is CN=C(NCC(C)SC)N1CCN(C(=O)Cc2cccc(Cl)c2)CC1.I. The molecule has 2 rings (SSSR count). The zero-order chi connectivity index (χ0) is 18.2. The van der Waals surface area contributed by atoms with Crippen molar-refractivity contribution in [2.24, 2.45) is 4.99 Å².